The van der Waals surface area contributed by atoms with Crippen molar-refractivity contribution in [2.45, 2.75) is 71.4 Å². The fraction of sp³-hybridized carbons (Fsp3) is 0.562. The Morgan fingerprint density at radius 3 is 2.40 bits per heavy atom. The molecule has 0 saturated heterocycles. The zero-order chi connectivity index (χ0) is 28.9. The molecular formula is C32H47FN4O3. The molecule has 8 heteroatoms. The minimum atomic E-state index is -0.171. The van der Waals surface area contributed by atoms with E-state index >= 15 is 0 Å². The normalized spacial score (nSPS) is 21.8. The summed E-state index contributed by atoms with van der Waals surface area (Å²) in [6.45, 7) is 8.55. The molecule has 7 nitrogen and oxygen atoms in total. The summed E-state index contributed by atoms with van der Waals surface area (Å²) in [6.07, 6.45) is 6.03. The van der Waals surface area contributed by atoms with Crippen molar-refractivity contribution in [2.24, 2.45) is 5.92 Å². The SMILES string of the molecule is CCc1cccc2c1OCCNC(C1CC1)C(CC)N(C)CC(=O)NCC(=O)NCCC2.Cc1ccc(F)cc1. The lowest BCUT2D eigenvalue weighted by Gasteiger charge is -2.34. The molecule has 2 aromatic rings. The smallest absolute Gasteiger partial charge is 0.239 e. The Morgan fingerprint density at radius 2 is 1.75 bits per heavy atom. The number of para-hydroxylation sites is 1. The zero-order valence-corrected chi connectivity index (χ0v) is 24.6. The average molecular weight is 555 g/mol. The predicted octanol–water partition coefficient (Wildman–Crippen LogP) is 4.02. The molecule has 220 valence electrons. The van der Waals surface area contributed by atoms with Gasteiger partial charge in [-0.25, -0.2) is 4.39 Å². The van der Waals surface area contributed by atoms with Crippen LogP contribution in [0.4, 0.5) is 4.39 Å². The van der Waals surface area contributed by atoms with Crippen LogP contribution in [0.25, 0.3) is 0 Å². The first-order chi connectivity index (χ1) is 19.3. The number of likely N-dealkylation sites (N-methyl/N-ethyl adjacent to an activating group) is 1. The van der Waals surface area contributed by atoms with Gasteiger partial charge in [-0.2, -0.15) is 0 Å². The van der Waals surface area contributed by atoms with Gasteiger partial charge in [-0.05, 0) is 81.7 Å². The van der Waals surface area contributed by atoms with Gasteiger partial charge in [-0.15, -0.1) is 0 Å². The van der Waals surface area contributed by atoms with Crippen molar-refractivity contribution in [3.63, 3.8) is 0 Å². The van der Waals surface area contributed by atoms with Crippen LogP contribution in [0.2, 0.25) is 0 Å². The Kier molecular flexibility index (Phi) is 12.9. The predicted molar refractivity (Wildman–Crippen MR) is 158 cm³/mol. The number of carbonyl (C=O) groups is 2. The number of carbonyl (C=O) groups excluding carboxylic acids is 2. The van der Waals surface area contributed by atoms with Gasteiger partial charge in [0, 0.05) is 25.2 Å². The minimum absolute atomic E-state index is 0.0213. The van der Waals surface area contributed by atoms with Gasteiger partial charge in [-0.1, -0.05) is 49.7 Å². The van der Waals surface area contributed by atoms with E-state index in [1.165, 1.54) is 36.1 Å². The highest BCUT2D eigenvalue weighted by Gasteiger charge is 2.37. The third kappa shape index (κ3) is 10.2. The number of aryl methyl sites for hydroxylation is 3. The fourth-order valence-corrected chi connectivity index (χ4v) is 5.27. The molecule has 3 N–H and O–H groups in total. The molecule has 2 unspecified atom stereocenters. The standard InChI is InChI=1S/C25H40N4O3.C7H7F/c1-4-18-8-6-9-20-10-7-13-26-22(30)16-28-23(31)17-29(3)21(5-2)24(19-11-12-19)27-14-15-32-25(18)20;1-6-2-4-7(8)5-3-6/h6,8-9,19,21,24,27H,4-5,7,10-17H2,1-3H3,(H,26,30)(H,28,31);2-5H,1H3. The molecule has 1 aliphatic carbocycles. The summed E-state index contributed by atoms with van der Waals surface area (Å²) in [4.78, 5) is 26.7. The third-order valence-corrected chi connectivity index (χ3v) is 7.61. The number of hydrogen-bond acceptors (Lipinski definition) is 5. The first-order valence-electron chi connectivity index (χ1n) is 14.7. The second-order valence-corrected chi connectivity index (χ2v) is 10.8. The third-order valence-electron chi connectivity index (χ3n) is 7.61. The van der Waals surface area contributed by atoms with Crippen LogP contribution in [0.1, 0.15) is 56.2 Å². The summed E-state index contributed by atoms with van der Waals surface area (Å²) in [7, 11) is 2.00. The Labute approximate surface area is 239 Å². The quantitative estimate of drug-likeness (QED) is 0.534. The van der Waals surface area contributed by atoms with Crippen LogP contribution in [0, 0.1) is 18.7 Å². The molecule has 1 aliphatic heterocycles. The summed E-state index contributed by atoms with van der Waals surface area (Å²) in [5.74, 6) is 1.23. The lowest BCUT2D eigenvalue weighted by molar-refractivity contribution is -0.127. The molecule has 1 fully saturated rings. The topological polar surface area (TPSA) is 82.7 Å². The Balaban J connectivity index is 0.000000472. The Bertz CT molecular complexity index is 1050. The number of ether oxygens (including phenoxy) is 1. The minimum Gasteiger partial charge on any atom is -0.492 e. The van der Waals surface area contributed by atoms with E-state index in [-0.39, 0.29) is 30.2 Å². The van der Waals surface area contributed by atoms with Gasteiger partial charge in [-0.3, -0.25) is 14.5 Å². The largest absolute Gasteiger partial charge is 0.492 e. The number of benzene rings is 2. The summed E-state index contributed by atoms with van der Waals surface area (Å²) in [6, 6.07) is 13.3. The van der Waals surface area contributed by atoms with Gasteiger partial charge >= 0.3 is 0 Å². The average Bonchev–Trinajstić information content (AvgIpc) is 3.79. The lowest BCUT2D eigenvalue weighted by atomic mass is 9.99. The van der Waals surface area contributed by atoms with E-state index in [4.69, 9.17) is 4.74 Å². The molecule has 4 rings (SSSR count). The van der Waals surface area contributed by atoms with Crippen LogP contribution in [0.3, 0.4) is 0 Å². The van der Waals surface area contributed by atoms with Crippen molar-refractivity contribution < 1.29 is 18.7 Å². The zero-order valence-electron chi connectivity index (χ0n) is 24.6. The monoisotopic (exact) mass is 554 g/mol. The molecule has 2 amide bonds. The van der Waals surface area contributed by atoms with E-state index in [2.05, 4.69) is 52.9 Å². The van der Waals surface area contributed by atoms with Gasteiger partial charge in [0.05, 0.1) is 13.1 Å². The highest BCUT2D eigenvalue weighted by Crippen LogP contribution is 2.36. The van der Waals surface area contributed by atoms with Crippen molar-refractivity contribution in [3.8, 4) is 5.75 Å². The molecule has 0 radical (unpaired) electrons. The maximum absolute atomic E-state index is 12.4. The molecule has 40 heavy (non-hydrogen) atoms. The Hall–Kier alpha value is -2.97. The van der Waals surface area contributed by atoms with E-state index in [9.17, 15) is 14.0 Å². The number of amides is 2. The molecular weight excluding hydrogens is 507 g/mol. The maximum atomic E-state index is 12.4. The second kappa shape index (κ2) is 16.3. The summed E-state index contributed by atoms with van der Waals surface area (Å²) < 4.78 is 18.4. The van der Waals surface area contributed by atoms with Gasteiger partial charge in [0.15, 0.2) is 0 Å². The van der Waals surface area contributed by atoms with E-state index in [0.717, 1.165) is 43.5 Å². The molecule has 2 aliphatic rings. The first kappa shape index (κ1) is 31.6. The van der Waals surface area contributed by atoms with Gasteiger partial charge in [0.1, 0.15) is 18.2 Å². The van der Waals surface area contributed by atoms with E-state index in [1.54, 1.807) is 12.1 Å². The Morgan fingerprint density at radius 1 is 1.00 bits per heavy atom. The summed E-state index contributed by atoms with van der Waals surface area (Å²) in [5.41, 5.74) is 3.51. The maximum Gasteiger partial charge on any atom is 0.239 e. The number of hydrogen-bond donors (Lipinski definition) is 3. The molecule has 1 saturated carbocycles. The lowest BCUT2D eigenvalue weighted by Crippen LogP contribution is -2.53. The van der Waals surface area contributed by atoms with E-state index < -0.39 is 0 Å². The molecule has 1 heterocycles. The van der Waals surface area contributed by atoms with Crippen LogP contribution >= 0.6 is 0 Å². The number of nitrogens with one attached hydrogen (secondary N) is 3. The van der Waals surface area contributed by atoms with Crippen LogP contribution in [0.5, 0.6) is 5.75 Å². The van der Waals surface area contributed by atoms with Crippen LogP contribution in [-0.2, 0) is 22.4 Å². The number of fused-ring (bicyclic) bond motifs is 1. The molecule has 0 bridgehead atoms. The van der Waals surface area contributed by atoms with Gasteiger partial charge in [0.25, 0.3) is 0 Å². The summed E-state index contributed by atoms with van der Waals surface area (Å²) in [5, 5.41) is 9.42. The molecule has 2 atom stereocenters. The number of nitrogens with zero attached hydrogens (tertiary/aromatic N) is 1. The van der Waals surface area contributed by atoms with E-state index in [0.29, 0.717) is 31.7 Å². The second-order valence-electron chi connectivity index (χ2n) is 10.8. The first-order valence-corrected chi connectivity index (χ1v) is 14.7. The van der Waals surface area contributed by atoms with Crippen molar-refractivity contribution in [2.75, 3.05) is 39.8 Å². The molecule has 0 spiro atoms. The van der Waals surface area contributed by atoms with Gasteiger partial charge < -0.3 is 20.7 Å². The van der Waals surface area contributed by atoms with Crippen molar-refractivity contribution in [1.29, 1.82) is 0 Å². The van der Waals surface area contributed by atoms with E-state index in [1.807, 2.05) is 14.0 Å². The molecule has 2 aromatic carbocycles. The molecule has 0 aromatic heterocycles. The van der Waals surface area contributed by atoms with Crippen LogP contribution < -0.4 is 20.7 Å². The summed E-state index contributed by atoms with van der Waals surface area (Å²) >= 11 is 0. The highest BCUT2D eigenvalue weighted by atomic mass is 19.1. The van der Waals surface area contributed by atoms with Crippen LogP contribution in [-0.4, -0.2) is 68.6 Å². The highest BCUT2D eigenvalue weighted by molar-refractivity contribution is 5.85. The number of rotatable bonds is 3. The van der Waals surface area contributed by atoms with Crippen molar-refractivity contribution in [1.82, 2.24) is 20.9 Å². The fourth-order valence-electron chi connectivity index (χ4n) is 5.27. The van der Waals surface area contributed by atoms with Crippen LogP contribution in [0.15, 0.2) is 42.5 Å². The van der Waals surface area contributed by atoms with Crippen molar-refractivity contribution in [3.05, 3.63) is 65.0 Å². The van der Waals surface area contributed by atoms with Crippen molar-refractivity contribution >= 4 is 11.8 Å². The van der Waals surface area contributed by atoms with Gasteiger partial charge in [0.2, 0.25) is 11.8 Å². The number of halogens is 1.